The molecular weight excluding hydrogens is 276 g/mol. The summed E-state index contributed by atoms with van der Waals surface area (Å²) in [5, 5.41) is 0. The summed E-state index contributed by atoms with van der Waals surface area (Å²) in [5.41, 5.74) is 2.38. The molecule has 1 saturated heterocycles. The van der Waals surface area contributed by atoms with Gasteiger partial charge in [0.2, 0.25) is 0 Å². The van der Waals surface area contributed by atoms with E-state index in [0.29, 0.717) is 5.56 Å². The van der Waals surface area contributed by atoms with Gasteiger partial charge in [0.1, 0.15) is 12.1 Å². The van der Waals surface area contributed by atoms with Crippen LogP contribution in [0.15, 0.2) is 36.7 Å². The Labute approximate surface area is 130 Å². The zero-order valence-corrected chi connectivity index (χ0v) is 12.8. The lowest BCUT2D eigenvalue weighted by Gasteiger charge is -2.21. The van der Waals surface area contributed by atoms with Gasteiger partial charge in [-0.3, -0.25) is 9.78 Å². The fourth-order valence-electron chi connectivity index (χ4n) is 2.69. The van der Waals surface area contributed by atoms with Crippen LogP contribution >= 0.6 is 0 Å². The van der Waals surface area contributed by atoms with Crippen LogP contribution in [0.5, 0.6) is 0 Å². The van der Waals surface area contributed by atoms with Crippen LogP contribution in [-0.2, 0) is 0 Å². The van der Waals surface area contributed by atoms with Crippen molar-refractivity contribution in [1.29, 1.82) is 0 Å². The summed E-state index contributed by atoms with van der Waals surface area (Å²) in [6.07, 6.45) is 5.55. The van der Waals surface area contributed by atoms with E-state index in [2.05, 4.69) is 21.8 Å². The molecule has 0 aliphatic carbocycles. The van der Waals surface area contributed by atoms with Crippen molar-refractivity contribution in [2.75, 3.05) is 38.1 Å². The average molecular weight is 296 g/mol. The van der Waals surface area contributed by atoms with Gasteiger partial charge in [0.15, 0.2) is 0 Å². The number of anilines is 1. The van der Waals surface area contributed by atoms with Crippen molar-refractivity contribution in [3.8, 4) is 11.3 Å². The van der Waals surface area contributed by atoms with Gasteiger partial charge < -0.3 is 9.80 Å². The predicted octanol–water partition coefficient (Wildman–Crippen LogP) is 2.10. The molecule has 0 atom stereocenters. The minimum atomic E-state index is 0.654. The first-order valence-corrected chi connectivity index (χ1v) is 7.57. The van der Waals surface area contributed by atoms with Gasteiger partial charge in [0, 0.05) is 30.8 Å². The summed E-state index contributed by atoms with van der Waals surface area (Å²) in [4.78, 5) is 24.6. The number of carbonyl (C=O) groups excluding carboxylic acids is 1. The number of aldehydes is 1. The zero-order chi connectivity index (χ0) is 15.4. The van der Waals surface area contributed by atoms with E-state index in [0.717, 1.165) is 56.0 Å². The first-order valence-electron chi connectivity index (χ1n) is 7.57. The highest BCUT2D eigenvalue weighted by molar-refractivity contribution is 5.78. The smallest absolute Gasteiger partial charge is 0.150 e. The third-order valence-electron chi connectivity index (χ3n) is 3.98. The molecule has 0 N–H and O–H groups in total. The maximum absolute atomic E-state index is 10.9. The summed E-state index contributed by atoms with van der Waals surface area (Å²) < 4.78 is 0. The van der Waals surface area contributed by atoms with Gasteiger partial charge in [-0.25, -0.2) is 4.98 Å². The Morgan fingerprint density at radius 3 is 2.91 bits per heavy atom. The molecule has 0 unspecified atom stereocenters. The molecule has 5 heteroatoms. The third kappa shape index (κ3) is 3.31. The number of hydrogen-bond acceptors (Lipinski definition) is 5. The first kappa shape index (κ1) is 14.7. The number of rotatable bonds is 3. The van der Waals surface area contributed by atoms with E-state index >= 15 is 0 Å². The van der Waals surface area contributed by atoms with E-state index in [1.54, 1.807) is 12.3 Å². The van der Waals surface area contributed by atoms with Gasteiger partial charge in [0.25, 0.3) is 0 Å². The van der Waals surface area contributed by atoms with Gasteiger partial charge in [-0.2, -0.15) is 0 Å². The molecule has 0 radical (unpaired) electrons. The molecule has 2 aromatic rings. The summed E-state index contributed by atoms with van der Waals surface area (Å²) in [6.45, 7) is 4.11. The number of nitrogens with zero attached hydrogens (tertiary/aromatic N) is 4. The van der Waals surface area contributed by atoms with Gasteiger partial charge in [-0.05, 0) is 26.1 Å². The van der Waals surface area contributed by atoms with Gasteiger partial charge in [0.05, 0.1) is 18.1 Å². The molecule has 1 aromatic heterocycles. The van der Waals surface area contributed by atoms with E-state index in [1.165, 1.54) is 0 Å². The van der Waals surface area contributed by atoms with E-state index in [9.17, 15) is 4.79 Å². The monoisotopic (exact) mass is 296 g/mol. The van der Waals surface area contributed by atoms with Crippen LogP contribution in [0.25, 0.3) is 11.3 Å². The fraction of sp³-hybridized carbons (Fsp3) is 0.353. The van der Waals surface area contributed by atoms with Crippen LogP contribution in [0, 0.1) is 0 Å². The minimum Gasteiger partial charge on any atom is -0.354 e. The van der Waals surface area contributed by atoms with E-state index in [4.69, 9.17) is 4.98 Å². The molecule has 114 valence electrons. The van der Waals surface area contributed by atoms with Crippen molar-refractivity contribution < 1.29 is 4.79 Å². The van der Waals surface area contributed by atoms with Crippen LogP contribution in [0.4, 0.5) is 5.82 Å². The quantitative estimate of drug-likeness (QED) is 0.812. The molecular formula is C17H20N4O. The van der Waals surface area contributed by atoms with Crippen molar-refractivity contribution in [3.63, 3.8) is 0 Å². The van der Waals surface area contributed by atoms with E-state index < -0.39 is 0 Å². The normalized spacial score (nSPS) is 16.3. The Morgan fingerprint density at radius 1 is 1.14 bits per heavy atom. The molecule has 1 fully saturated rings. The molecule has 3 rings (SSSR count). The molecule has 22 heavy (non-hydrogen) atoms. The second-order valence-corrected chi connectivity index (χ2v) is 5.65. The van der Waals surface area contributed by atoms with Crippen molar-refractivity contribution in [2.24, 2.45) is 0 Å². The molecule has 0 saturated carbocycles. The predicted molar refractivity (Wildman–Crippen MR) is 87.2 cm³/mol. The van der Waals surface area contributed by atoms with Gasteiger partial charge >= 0.3 is 0 Å². The second kappa shape index (κ2) is 6.66. The highest BCUT2D eigenvalue weighted by Crippen LogP contribution is 2.20. The molecule has 0 bridgehead atoms. The molecule has 0 amide bonds. The number of carbonyl (C=O) groups is 1. The SMILES string of the molecule is CN1CCCN(c2cncc(-c3cccc(C=O)c3)n2)CC1. The summed E-state index contributed by atoms with van der Waals surface area (Å²) >= 11 is 0. The van der Waals surface area contributed by atoms with Crippen molar-refractivity contribution >= 4 is 12.1 Å². The number of hydrogen-bond donors (Lipinski definition) is 0. The largest absolute Gasteiger partial charge is 0.354 e. The first-order chi connectivity index (χ1) is 10.8. The van der Waals surface area contributed by atoms with Crippen LogP contribution in [0.3, 0.4) is 0 Å². The lowest BCUT2D eigenvalue weighted by molar-refractivity contribution is 0.112. The summed E-state index contributed by atoms with van der Waals surface area (Å²) in [6, 6.07) is 7.46. The number of aromatic nitrogens is 2. The van der Waals surface area contributed by atoms with Crippen LogP contribution < -0.4 is 4.90 Å². The minimum absolute atomic E-state index is 0.654. The Balaban J connectivity index is 1.87. The highest BCUT2D eigenvalue weighted by Gasteiger charge is 2.14. The van der Waals surface area contributed by atoms with Crippen LogP contribution in [0.2, 0.25) is 0 Å². The van der Waals surface area contributed by atoms with Crippen molar-refractivity contribution in [3.05, 3.63) is 42.2 Å². The Hall–Kier alpha value is -2.27. The molecule has 1 aliphatic rings. The standard InChI is InChI=1S/C17H20N4O/c1-20-6-3-7-21(9-8-20)17-12-18-11-16(19-17)15-5-2-4-14(10-15)13-22/h2,4-5,10-13H,3,6-9H2,1H3. The van der Waals surface area contributed by atoms with Crippen LogP contribution in [-0.4, -0.2) is 54.4 Å². The highest BCUT2D eigenvalue weighted by atomic mass is 16.1. The molecule has 1 aromatic carbocycles. The molecule has 0 spiro atoms. The molecule has 2 heterocycles. The summed E-state index contributed by atoms with van der Waals surface area (Å²) in [5.74, 6) is 0.907. The lowest BCUT2D eigenvalue weighted by Crippen LogP contribution is -2.29. The maximum atomic E-state index is 10.9. The van der Waals surface area contributed by atoms with Crippen molar-refractivity contribution in [2.45, 2.75) is 6.42 Å². The Kier molecular flexibility index (Phi) is 4.44. The Morgan fingerprint density at radius 2 is 2.05 bits per heavy atom. The van der Waals surface area contributed by atoms with E-state index in [-0.39, 0.29) is 0 Å². The zero-order valence-electron chi connectivity index (χ0n) is 12.8. The van der Waals surface area contributed by atoms with E-state index in [1.807, 2.05) is 24.4 Å². The van der Waals surface area contributed by atoms with Crippen LogP contribution in [0.1, 0.15) is 16.8 Å². The maximum Gasteiger partial charge on any atom is 0.150 e. The average Bonchev–Trinajstić information content (AvgIpc) is 2.80. The Bertz CT molecular complexity index is 659. The molecule has 1 aliphatic heterocycles. The summed E-state index contributed by atoms with van der Waals surface area (Å²) in [7, 11) is 2.15. The number of benzene rings is 1. The molecule has 5 nitrogen and oxygen atoms in total. The topological polar surface area (TPSA) is 49.3 Å². The van der Waals surface area contributed by atoms with Crippen molar-refractivity contribution in [1.82, 2.24) is 14.9 Å². The number of likely N-dealkylation sites (N-methyl/N-ethyl adjacent to an activating group) is 1. The lowest BCUT2D eigenvalue weighted by atomic mass is 10.1. The third-order valence-corrected chi connectivity index (χ3v) is 3.98. The van der Waals surface area contributed by atoms with Gasteiger partial charge in [-0.1, -0.05) is 18.2 Å². The second-order valence-electron chi connectivity index (χ2n) is 5.65. The van der Waals surface area contributed by atoms with Gasteiger partial charge in [-0.15, -0.1) is 0 Å². The fourth-order valence-corrected chi connectivity index (χ4v) is 2.69.